The summed E-state index contributed by atoms with van der Waals surface area (Å²) in [6.07, 6.45) is 0. The topological polar surface area (TPSA) is 61.3 Å². The van der Waals surface area contributed by atoms with E-state index < -0.39 is 0 Å². The summed E-state index contributed by atoms with van der Waals surface area (Å²) in [5.41, 5.74) is 9.97. The van der Waals surface area contributed by atoms with Gasteiger partial charge in [0, 0.05) is 6.54 Å². The van der Waals surface area contributed by atoms with Gasteiger partial charge in [0.05, 0.1) is 0 Å². The maximum absolute atomic E-state index is 5.04. The molecule has 44 valence electrons. The van der Waals surface area contributed by atoms with Crippen molar-refractivity contribution in [1.29, 1.82) is 0 Å². The third-order valence-corrected chi connectivity index (χ3v) is 0.480. The van der Waals surface area contributed by atoms with Crippen molar-refractivity contribution in [1.82, 2.24) is 0 Å². The number of nitrogens with two attached hydrogens (primary N) is 2. The van der Waals surface area contributed by atoms with Gasteiger partial charge in [-0.1, -0.05) is 0 Å². The zero-order valence-electron chi connectivity index (χ0n) is 3.89. The van der Waals surface area contributed by atoms with Crippen LogP contribution in [0.25, 0.3) is 0 Å². The first kappa shape index (κ1) is 11.4. The van der Waals surface area contributed by atoms with Crippen LogP contribution in [0.15, 0.2) is 0 Å². The Morgan fingerprint density at radius 3 is 2.25 bits per heavy atom. The Hall–Kier alpha value is 0.650. The van der Waals surface area contributed by atoms with Crippen LogP contribution in [0, 0.1) is 0 Å². The van der Waals surface area contributed by atoms with Crippen LogP contribution in [0.1, 0.15) is 0 Å². The van der Waals surface area contributed by atoms with Gasteiger partial charge in [-0.05, 0) is 12.2 Å². The molecule has 0 aliphatic heterocycles. The van der Waals surface area contributed by atoms with Crippen LogP contribution in [-0.4, -0.2) is 47.9 Å². The Balaban J connectivity index is 0. The molecule has 0 aromatic rings. The van der Waals surface area contributed by atoms with Gasteiger partial charge < -0.3 is 16.2 Å². The number of hydrogen-bond donors (Lipinski definition) is 2. The summed E-state index contributed by atoms with van der Waals surface area (Å²) in [7, 11) is 0. The van der Waals surface area contributed by atoms with E-state index in [2.05, 4.69) is 17.0 Å². The Kier molecular flexibility index (Phi) is 10.9. The van der Waals surface area contributed by atoms with Gasteiger partial charge in [-0.25, -0.2) is 0 Å². The molecule has 8 heavy (non-hydrogen) atoms. The molecular formula is C3H9N2NaOS. The first-order valence-corrected chi connectivity index (χ1v) is 2.30. The molecule has 5 heteroatoms. The van der Waals surface area contributed by atoms with E-state index in [1.807, 2.05) is 0 Å². The maximum atomic E-state index is 5.04. The van der Waals surface area contributed by atoms with E-state index in [-0.39, 0.29) is 34.7 Å². The second-order valence-electron chi connectivity index (χ2n) is 0.956. The second kappa shape index (κ2) is 7.65. The molecule has 3 nitrogen and oxygen atoms in total. The van der Waals surface area contributed by atoms with Crippen molar-refractivity contribution in [2.45, 2.75) is 0 Å². The Morgan fingerprint density at radius 2 is 2.12 bits per heavy atom. The van der Waals surface area contributed by atoms with Gasteiger partial charge in [-0.2, -0.15) is 0 Å². The van der Waals surface area contributed by atoms with Gasteiger partial charge >= 0.3 is 29.6 Å². The Labute approximate surface area is 76.0 Å². The van der Waals surface area contributed by atoms with E-state index in [1.54, 1.807) is 0 Å². The van der Waals surface area contributed by atoms with Gasteiger partial charge in [0.15, 0.2) is 0 Å². The standard InChI is InChI=1S/C3H8N2OS.Na.H/c4-1-2-6-3(5)7;;/h1-2,4H2,(H2,5,7);;. The van der Waals surface area contributed by atoms with Crippen LogP contribution in [0.4, 0.5) is 0 Å². The molecule has 0 rings (SSSR count). The van der Waals surface area contributed by atoms with E-state index >= 15 is 0 Å². The summed E-state index contributed by atoms with van der Waals surface area (Å²) < 4.78 is 4.58. The van der Waals surface area contributed by atoms with Crippen molar-refractivity contribution in [3.8, 4) is 0 Å². The monoisotopic (exact) mass is 144 g/mol. The van der Waals surface area contributed by atoms with Gasteiger partial charge in [0.25, 0.3) is 5.17 Å². The molecule has 0 heterocycles. The van der Waals surface area contributed by atoms with E-state index in [4.69, 9.17) is 11.5 Å². The van der Waals surface area contributed by atoms with Crippen molar-refractivity contribution in [2.75, 3.05) is 13.2 Å². The number of ether oxygens (including phenoxy) is 1. The van der Waals surface area contributed by atoms with Crippen LogP contribution in [0.2, 0.25) is 0 Å². The Morgan fingerprint density at radius 1 is 1.62 bits per heavy atom. The first-order chi connectivity index (χ1) is 3.27. The number of rotatable bonds is 2. The average Bonchev–Trinajstić information content (AvgIpc) is 1.61. The van der Waals surface area contributed by atoms with Crippen molar-refractivity contribution in [3.63, 3.8) is 0 Å². The van der Waals surface area contributed by atoms with Crippen LogP contribution in [0.3, 0.4) is 0 Å². The van der Waals surface area contributed by atoms with Crippen LogP contribution >= 0.6 is 12.2 Å². The molecule has 0 aliphatic rings. The van der Waals surface area contributed by atoms with Gasteiger partial charge in [-0.15, -0.1) is 0 Å². The predicted molar refractivity (Wildman–Crippen MR) is 38.9 cm³/mol. The zero-order chi connectivity index (χ0) is 5.70. The van der Waals surface area contributed by atoms with Gasteiger partial charge in [0.2, 0.25) is 0 Å². The van der Waals surface area contributed by atoms with E-state index in [1.165, 1.54) is 0 Å². The predicted octanol–water partition coefficient (Wildman–Crippen LogP) is -1.44. The molecule has 0 radical (unpaired) electrons. The molecule has 0 atom stereocenters. The van der Waals surface area contributed by atoms with Crippen molar-refractivity contribution in [2.24, 2.45) is 11.5 Å². The molecule has 0 bridgehead atoms. The molecule has 0 spiro atoms. The summed E-state index contributed by atoms with van der Waals surface area (Å²) in [5.74, 6) is 0. The average molecular weight is 144 g/mol. The SMILES string of the molecule is NCCOC(N)=S.[NaH]. The summed E-state index contributed by atoms with van der Waals surface area (Å²) >= 11 is 4.36. The molecule has 0 aliphatic carbocycles. The number of hydrogen-bond acceptors (Lipinski definition) is 3. The Bertz CT molecular complexity index is 70.3. The molecule has 0 saturated heterocycles. The summed E-state index contributed by atoms with van der Waals surface area (Å²) in [6, 6.07) is 0. The summed E-state index contributed by atoms with van der Waals surface area (Å²) in [4.78, 5) is 0. The zero-order valence-corrected chi connectivity index (χ0v) is 4.70. The third kappa shape index (κ3) is 9.82. The van der Waals surface area contributed by atoms with Crippen LogP contribution < -0.4 is 11.5 Å². The van der Waals surface area contributed by atoms with Gasteiger partial charge in [0.1, 0.15) is 6.61 Å². The molecule has 0 saturated carbocycles. The van der Waals surface area contributed by atoms with Crippen molar-refractivity contribution >= 4 is 46.9 Å². The minimum atomic E-state index is 0. The third-order valence-electron chi connectivity index (χ3n) is 0.362. The van der Waals surface area contributed by atoms with Crippen LogP contribution in [-0.2, 0) is 4.74 Å². The molecule has 0 unspecified atom stereocenters. The fraction of sp³-hybridized carbons (Fsp3) is 0.667. The summed E-state index contributed by atoms with van der Waals surface area (Å²) in [6.45, 7) is 0.868. The molecular weight excluding hydrogens is 135 g/mol. The van der Waals surface area contributed by atoms with E-state index in [0.29, 0.717) is 13.2 Å². The van der Waals surface area contributed by atoms with Gasteiger partial charge in [-0.3, -0.25) is 0 Å². The second-order valence-corrected chi connectivity index (χ2v) is 1.36. The molecule has 0 aromatic heterocycles. The molecule has 0 amide bonds. The molecule has 0 aromatic carbocycles. The normalized spacial score (nSPS) is 7.12. The van der Waals surface area contributed by atoms with E-state index in [0.717, 1.165) is 0 Å². The minimum absolute atomic E-state index is 0. The number of thiocarbonyl (C=S) groups is 1. The fourth-order valence-corrected chi connectivity index (χ4v) is 0.243. The quantitative estimate of drug-likeness (QED) is 0.368. The van der Waals surface area contributed by atoms with Crippen molar-refractivity contribution < 1.29 is 4.74 Å². The summed E-state index contributed by atoms with van der Waals surface area (Å²) in [5, 5.41) is 0.0606. The van der Waals surface area contributed by atoms with Crippen LogP contribution in [0.5, 0.6) is 0 Å². The first-order valence-electron chi connectivity index (χ1n) is 1.89. The molecule has 4 N–H and O–H groups in total. The van der Waals surface area contributed by atoms with Crippen molar-refractivity contribution in [3.05, 3.63) is 0 Å². The fourth-order valence-electron chi connectivity index (χ4n) is 0.160. The van der Waals surface area contributed by atoms with E-state index in [9.17, 15) is 0 Å². The molecule has 0 fully saturated rings.